The Labute approximate surface area is 99.9 Å². The lowest BCUT2D eigenvalue weighted by Crippen LogP contribution is -2.07. The topological polar surface area (TPSA) is 65.0 Å². The van der Waals surface area contributed by atoms with E-state index in [0.29, 0.717) is 25.6 Å². The maximum Gasteiger partial charge on any atom is 0.338 e. The van der Waals surface area contributed by atoms with Gasteiger partial charge in [-0.05, 0) is 19.1 Å². The molecule has 17 heavy (non-hydrogen) atoms. The van der Waals surface area contributed by atoms with Crippen LogP contribution >= 0.6 is 0 Å². The number of carbonyl (C=O) groups is 1. The minimum atomic E-state index is -0.518. The third-order valence-electron chi connectivity index (χ3n) is 2.01. The first-order valence-electron chi connectivity index (χ1n) is 5.30. The summed E-state index contributed by atoms with van der Waals surface area (Å²) in [6, 6.07) is 4.26. The fourth-order valence-electron chi connectivity index (χ4n) is 1.27. The van der Waals surface area contributed by atoms with Gasteiger partial charge in [0.15, 0.2) is 0 Å². The Balaban J connectivity index is 2.65. The van der Waals surface area contributed by atoms with Crippen LogP contribution in [0.2, 0.25) is 0 Å². The van der Waals surface area contributed by atoms with Gasteiger partial charge in [-0.15, -0.1) is 0 Å². The fourth-order valence-corrected chi connectivity index (χ4v) is 1.27. The number of ether oxygens (including phenoxy) is 3. The highest BCUT2D eigenvalue weighted by molar-refractivity contribution is 5.90. The van der Waals surface area contributed by atoms with Crippen LogP contribution in [0, 0.1) is 0 Å². The van der Waals surface area contributed by atoms with E-state index in [1.165, 1.54) is 25.3 Å². The molecule has 0 atom stereocenters. The fraction of sp³-hybridized carbons (Fsp3) is 0.417. The molecule has 1 rings (SSSR count). The van der Waals surface area contributed by atoms with Crippen molar-refractivity contribution in [1.29, 1.82) is 0 Å². The summed E-state index contributed by atoms with van der Waals surface area (Å²) < 4.78 is 15.0. The van der Waals surface area contributed by atoms with Crippen molar-refractivity contribution in [3.63, 3.8) is 0 Å². The summed E-state index contributed by atoms with van der Waals surface area (Å²) >= 11 is 0. The summed E-state index contributed by atoms with van der Waals surface area (Å²) in [7, 11) is 1.28. The molecule has 0 aliphatic rings. The second-order valence-electron chi connectivity index (χ2n) is 3.25. The van der Waals surface area contributed by atoms with Crippen molar-refractivity contribution in [1.82, 2.24) is 0 Å². The standard InChI is InChI=1S/C12H16O5/c1-3-16-4-5-17-11-7-9(12(14)15-2)6-10(13)8-11/h6-8,13H,3-5H2,1-2H3. The van der Waals surface area contributed by atoms with E-state index in [-0.39, 0.29) is 11.3 Å². The van der Waals surface area contributed by atoms with Crippen molar-refractivity contribution in [3.8, 4) is 11.5 Å². The van der Waals surface area contributed by atoms with Gasteiger partial charge in [-0.1, -0.05) is 0 Å². The number of aromatic hydroxyl groups is 1. The summed E-state index contributed by atoms with van der Waals surface area (Å²) in [6.45, 7) is 3.33. The van der Waals surface area contributed by atoms with E-state index in [9.17, 15) is 9.90 Å². The molecular weight excluding hydrogens is 224 g/mol. The zero-order chi connectivity index (χ0) is 12.7. The molecule has 0 saturated carbocycles. The number of carbonyl (C=O) groups excluding carboxylic acids is 1. The Morgan fingerprint density at radius 3 is 2.71 bits per heavy atom. The van der Waals surface area contributed by atoms with Gasteiger partial charge in [-0.2, -0.15) is 0 Å². The van der Waals surface area contributed by atoms with Gasteiger partial charge in [-0.25, -0.2) is 4.79 Å². The molecule has 1 N–H and O–H groups in total. The highest BCUT2D eigenvalue weighted by atomic mass is 16.5. The number of hydrogen-bond acceptors (Lipinski definition) is 5. The zero-order valence-corrected chi connectivity index (χ0v) is 9.93. The Bertz CT molecular complexity index is 375. The maximum absolute atomic E-state index is 11.3. The van der Waals surface area contributed by atoms with E-state index in [4.69, 9.17) is 9.47 Å². The molecule has 0 aliphatic carbocycles. The molecule has 0 fully saturated rings. The van der Waals surface area contributed by atoms with Crippen molar-refractivity contribution < 1.29 is 24.1 Å². The molecule has 0 amide bonds. The maximum atomic E-state index is 11.3. The predicted molar refractivity (Wildman–Crippen MR) is 61.4 cm³/mol. The van der Waals surface area contributed by atoms with E-state index in [1.54, 1.807) is 0 Å². The minimum Gasteiger partial charge on any atom is -0.508 e. The Hall–Kier alpha value is -1.75. The van der Waals surface area contributed by atoms with Crippen LogP contribution in [0.4, 0.5) is 0 Å². The summed E-state index contributed by atoms with van der Waals surface area (Å²) in [6.07, 6.45) is 0. The van der Waals surface area contributed by atoms with Crippen molar-refractivity contribution in [3.05, 3.63) is 23.8 Å². The predicted octanol–water partition coefficient (Wildman–Crippen LogP) is 1.59. The number of esters is 1. The van der Waals surface area contributed by atoms with Crippen LogP contribution in [0.1, 0.15) is 17.3 Å². The lowest BCUT2D eigenvalue weighted by Gasteiger charge is -2.08. The first kappa shape index (κ1) is 13.3. The number of phenolic OH excluding ortho intramolecular Hbond substituents is 1. The van der Waals surface area contributed by atoms with Gasteiger partial charge in [-0.3, -0.25) is 0 Å². The molecule has 1 aromatic rings. The third kappa shape index (κ3) is 4.32. The van der Waals surface area contributed by atoms with Gasteiger partial charge in [0.1, 0.15) is 18.1 Å². The molecular formula is C12H16O5. The Morgan fingerprint density at radius 2 is 2.06 bits per heavy atom. The molecule has 0 aromatic heterocycles. The molecule has 94 valence electrons. The summed E-state index contributed by atoms with van der Waals surface area (Å²) in [5.74, 6) is -0.153. The SMILES string of the molecule is CCOCCOc1cc(O)cc(C(=O)OC)c1. The van der Waals surface area contributed by atoms with Gasteiger partial charge >= 0.3 is 5.97 Å². The van der Waals surface area contributed by atoms with Crippen LogP contribution in [0.15, 0.2) is 18.2 Å². The van der Waals surface area contributed by atoms with Crippen molar-refractivity contribution in [2.45, 2.75) is 6.92 Å². The number of rotatable bonds is 6. The Kier molecular flexibility index (Phi) is 5.29. The highest BCUT2D eigenvalue weighted by Gasteiger charge is 2.09. The van der Waals surface area contributed by atoms with E-state index in [0.717, 1.165) is 0 Å². The summed E-state index contributed by atoms with van der Waals surface area (Å²) in [5, 5.41) is 9.42. The lowest BCUT2D eigenvalue weighted by atomic mass is 10.2. The molecule has 5 heteroatoms. The average Bonchev–Trinajstić information content (AvgIpc) is 2.33. The van der Waals surface area contributed by atoms with Crippen molar-refractivity contribution in [2.75, 3.05) is 26.9 Å². The summed E-state index contributed by atoms with van der Waals surface area (Å²) in [5.41, 5.74) is 0.249. The number of methoxy groups -OCH3 is 1. The average molecular weight is 240 g/mol. The molecule has 0 bridgehead atoms. The first-order valence-corrected chi connectivity index (χ1v) is 5.30. The van der Waals surface area contributed by atoms with Crippen LogP contribution in [-0.2, 0) is 9.47 Å². The number of phenols is 1. The number of hydrogen-bond donors (Lipinski definition) is 1. The largest absolute Gasteiger partial charge is 0.508 e. The second-order valence-corrected chi connectivity index (χ2v) is 3.25. The smallest absolute Gasteiger partial charge is 0.338 e. The molecule has 0 aliphatic heterocycles. The monoisotopic (exact) mass is 240 g/mol. The van der Waals surface area contributed by atoms with Crippen LogP contribution in [-0.4, -0.2) is 38.0 Å². The molecule has 0 saturated heterocycles. The normalized spacial score (nSPS) is 10.0. The van der Waals surface area contributed by atoms with Gasteiger partial charge < -0.3 is 19.3 Å². The zero-order valence-electron chi connectivity index (χ0n) is 9.93. The molecule has 0 spiro atoms. The molecule has 1 aromatic carbocycles. The van der Waals surface area contributed by atoms with Crippen LogP contribution < -0.4 is 4.74 Å². The molecule has 5 nitrogen and oxygen atoms in total. The van der Waals surface area contributed by atoms with Crippen LogP contribution in [0.3, 0.4) is 0 Å². The first-order chi connectivity index (χ1) is 8.17. The van der Waals surface area contributed by atoms with Gasteiger partial charge in [0.25, 0.3) is 0 Å². The minimum absolute atomic E-state index is 0.0423. The van der Waals surface area contributed by atoms with E-state index < -0.39 is 5.97 Å². The third-order valence-corrected chi connectivity index (χ3v) is 2.01. The van der Waals surface area contributed by atoms with Crippen LogP contribution in [0.25, 0.3) is 0 Å². The second kappa shape index (κ2) is 6.75. The van der Waals surface area contributed by atoms with Crippen molar-refractivity contribution in [2.24, 2.45) is 0 Å². The number of benzene rings is 1. The van der Waals surface area contributed by atoms with Gasteiger partial charge in [0, 0.05) is 12.7 Å². The van der Waals surface area contributed by atoms with E-state index >= 15 is 0 Å². The molecule has 0 radical (unpaired) electrons. The molecule has 0 unspecified atom stereocenters. The van der Waals surface area contributed by atoms with Crippen molar-refractivity contribution >= 4 is 5.97 Å². The van der Waals surface area contributed by atoms with Gasteiger partial charge in [0.05, 0.1) is 19.3 Å². The van der Waals surface area contributed by atoms with Gasteiger partial charge in [0.2, 0.25) is 0 Å². The lowest BCUT2D eigenvalue weighted by molar-refractivity contribution is 0.0599. The van der Waals surface area contributed by atoms with Crippen LogP contribution in [0.5, 0.6) is 11.5 Å². The van der Waals surface area contributed by atoms with E-state index in [2.05, 4.69) is 4.74 Å². The van der Waals surface area contributed by atoms with E-state index in [1.807, 2.05) is 6.92 Å². The Morgan fingerprint density at radius 1 is 1.29 bits per heavy atom. The molecule has 0 heterocycles. The quantitative estimate of drug-likeness (QED) is 0.604. The summed E-state index contributed by atoms with van der Waals surface area (Å²) in [4.78, 5) is 11.3. The highest BCUT2D eigenvalue weighted by Crippen LogP contribution is 2.22.